The molecule has 0 aromatic heterocycles. The van der Waals surface area contributed by atoms with Gasteiger partial charge >= 0.3 is 14.6 Å². The van der Waals surface area contributed by atoms with Crippen LogP contribution in [0.25, 0.3) is 0 Å². The van der Waals surface area contributed by atoms with E-state index < -0.39 is 8.60 Å². The van der Waals surface area contributed by atoms with E-state index in [1.54, 1.807) is 24.3 Å². The van der Waals surface area contributed by atoms with Gasteiger partial charge in [-0.3, -0.25) is 4.79 Å². The zero-order valence-electron chi connectivity index (χ0n) is 12.4. The molecule has 1 aromatic carbocycles. The molecule has 0 aliphatic heterocycles. The van der Waals surface area contributed by atoms with Crippen molar-refractivity contribution in [2.45, 2.75) is 34.1 Å². The van der Waals surface area contributed by atoms with Crippen molar-refractivity contribution in [3.8, 4) is 5.75 Å². The number of hydrogen-bond donors (Lipinski definition) is 2. The number of hydrogen-bond acceptors (Lipinski definition) is 5. The van der Waals surface area contributed by atoms with Gasteiger partial charge < -0.3 is 19.0 Å². The first-order valence-electron chi connectivity index (χ1n) is 6.58. The molecule has 0 saturated carbocycles. The van der Waals surface area contributed by atoms with Gasteiger partial charge in [-0.2, -0.15) is 0 Å². The quantitative estimate of drug-likeness (QED) is 0.624. The van der Waals surface area contributed by atoms with E-state index >= 15 is 0 Å². The van der Waals surface area contributed by atoms with Gasteiger partial charge in [0.2, 0.25) is 0 Å². The third-order valence-electron chi connectivity index (χ3n) is 2.04. The number of carbonyl (C=O) groups excluding carboxylic acids is 1. The summed E-state index contributed by atoms with van der Waals surface area (Å²) < 4.78 is 9.77. The van der Waals surface area contributed by atoms with Crippen LogP contribution in [0.15, 0.2) is 24.3 Å². The average Bonchev–Trinajstić information content (AvgIpc) is 2.40. The molecule has 1 aromatic rings. The zero-order valence-corrected chi connectivity index (χ0v) is 13.3. The molecule has 114 valence electrons. The van der Waals surface area contributed by atoms with E-state index in [4.69, 9.17) is 19.0 Å². The molecule has 0 fully saturated rings. The van der Waals surface area contributed by atoms with Crippen LogP contribution in [0, 0.1) is 5.92 Å². The molecule has 0 unspecified atom stereocenters. The molecule has 20 heavy (non-hydrogen) atoms. The van der Waals surface area contributed by atoms with Gasteiger partial charge in [0.15, 0.2) is 0 Å². The molecule has 0 amide bonds. The highest BCUT2D eigenvalue weighted by atomic mass is 31.2. The lowest BCUT2D eigenvalue weighted by Crippen LogP contribution is -2.12. The third-order valence-corrected chi connectivity index (χ3v) is 2.41. The van der Waals surface area contributed by atoms with Crippen LogP contribution in [-0.2, 0) is 16.0 Å². The Morgan fingerprint density at radius 2 is 1.75 bits per heavy atom. The van der Waals surface area contributed by atoms with Gasteiger partial charge in [0.25, 0.3) is 0 Å². The molecule has 2 N–H and O–H groups in total. The average molecular weight is 302 g/mol. The minimum absolute atomic E-state index is 0.194. The highest BCUT2D eigenvalue weighted by Crippen LogP contribution is 2.28. The zero-order chi connectivity index (χ0) is 15.5. The van der Waals surface area contributed by atoms with Gasteiger partial charge in [-0.1, -0.05) is 39.8 Å². The van der Waals surface area contributed by atoms with Crippen LogP contribution in [0.4, 0.5) is 0 Å². The maximum absolute atomic E-state index is 11.4. The molecule has 5 nitrogen and oxygen atoms in total. The predicted octanol–water partition coefficient (Wildman–Crippen LogP) is 3.04. The summed E-state index contributed by atoms with van der Waals surface area (Å²) in [5.74, 6) is 0.396. The molecule has 1 rings (SSSR count). The Hall–Kier alpha value is -1.16. The first-order valence-corrected chi connectivity index (χ1v) is 7.74. The molecule has 0 bridgehead atoms. The lowest BCUT2D eigenvalue weighted by atomic mass is 10.1. The maximum Gasteiger partial charge on any atom is 0.391 e. The summed E-state index contributed by atoms with van der Waals surface area (Å²) in [5, 5.41) is 0. The smallest absolute Gasteiger partial charge is 0.391 e. The molecule has 0 saturated heterocycles. The van der Waals surface area contributed by atoms with E-state index in [2.05, 4.69) is 0 Å². The van der Waals surface area contributed by atoms with E-state index in [1.165, 1.54) is 0 Å². The second-order valence-electron chi connectivity index (χ2n) is 4.24. The fourth-order valence-electron chi connectivity index (χ4n) is 1.24. The first-order chi connectivity index (χ1) is 9.47. The molecule has 0 aliphatic carbocycles. The lowest BCUT2D eigenvalue weighted by Gasteiger charge is -2.08. The summed E-state index contributed by atoms with van der Waals surface area (Å²) in [7, 11) is -2.41. The Labute approximate surface area is 121 Å². The van der Waals surface area contributed by atoms with E-state index in [0.717, 1.165) is 5.56 Å². The van der Waals surface area contributed by atoms with Gasteiger partial charge in [0.1, 0.15) is 5.75 Å². The van der Waals surface area contributed by atoms with Crippen molar-refractivity contribution >= 4 is 14.6 Å². The fourth-order valence-corrected chi connectivity index (χ4v) is 1.55. The monoisotopic (exact) mass is 302 g/mol. The first kappa shape index (κ1) is 18.8. The number of ether oxygens (including phenoxy) is 1. The third kappa shape index (κ3) is 8.86. The van der Waals surface area contributed by atoms with Gasteiger partial charge in [-0.05, 0) is 23.6 Å². The van der Waals surface area contributed by atoms with Crippen molar-refractivity contribution in [2.75, 3.05) is 6.61 Å². The van der Waals surface area contributed by atoms with Crippen molar-refractivity contribution in [1.82, 2.24) is 0 Å². The Balaban J connectivity index is 0.00000172. The number of benzene rings is 1. The Morgan fingerprint density at radius 1 is 1.20 bits per heavy atom. The minimum Gasteiger partial charge on any atom is -0.465 e. The van der Waals surface area contributed by atoms with Gasteiger partial charge in [-0.25, -0.2) is 0 Å². The molecule has 0 radical (unpaired) electrons. The second-order valence-corrected chi connectivity index (χ2v) is 4.93. The fraction of sp³-hybridized carbons (Fsp3) is 0.500. The van der Waals surface area contributed by atoms with Crippen molar-refractivity contribution in [3.05, 3.63) is 29.8 Å². The normalized spacial score (nSPS) is 10.0. The Bertz CT molecular complexity index is 376. The van der Waals surface area contributed by atoms with Crippen molar-refractivity contribution < 1.29 is 23.8 Å². The van der Waals surface area contributed by atoms with Crippen LogP contribution in [0.1, 0.15) is 33.3 Å². The van der Waals surface area contributed by atoms with Crippen LogP contribution >= 0.6 is 8.60 Å². The topological polar surface area (TPSA) is 76.0 Å². The van der Waals surface area contributed by atoms with Gasteiger partial charge in [0.05, 0.1) is 13.0 Å². The summed E-state index contributed by atoms with van der Waals surface area (Å²) in [6.45, 7) is 8.36. The largest absolute Gasteiger partial charge is 0.465 e. The second kappa shape index (κ2) is 10.6. The van der Waals surface area contributed by atoms with Crippen molar-refractivity contribution in [1.29, 1.82) is 0 Å². The highest BCUT2D eigenvalue weighted by molar-refractivity contribution is 7.39. The van der Waals surface area contributed by atoms with Gasteiger partial charge in [-0.15, -0.1) is 0 Å². The number of rotatable bonds is 6. The molecule has 0 aliphatic rings. The Morgan fingerprint density at radius 3 is 2.20 bits per heavy atom. The highest BCUT2D eigenvalue weighted by Gasteiger charge is 2.07. The van der Waals surface area contributed by atoms with Crippen LogP contribution < -0.4 is 4.52 Å². The van der Waals surface area contributed by atoms with E-state index in [0.29, 0.717) is 18.3 Å². The van der Waals surface area contributed by atoms with E-state index in [1.807, 2.05) is 27.7 Å². The lowest BCUT2D eigenvalue weighted by molar-refractivity contribution is -0.143. The molecule has 6 heteroatoms. The SMILES string of the molecule is CC.CC(C)COC(=O)Cc1ccc(OP(O)O)cc1. The molecular formula is C14H23O5P. The van der Waals surface area contributed by atoms with Crippen LogP contribution in [-0.4, -0.2) is 22.4 Å². The minimum atomic E-state index is -2.41. The van der Waals surface area contributed by atoms with Crippen LogP contribution in [0.3, 0.4) is 0 Å². The van der Waals surface area contributed by atoms with E-state index in [9.17, 15) is 4.79 Å². The van der Waals surface area contributed by atoms with E-state index in [-0.39, 0.29) is 12.4 Å². The van der Waals surface area contributed by atoms with Crippen molar-refractivity contribution in [2.24, 2.45) is 5.92 Å². The summed E-state index contributed by atoms with van der Waals surface area (Å²) in [6, 6.07) is 6.52. The summed E-state index contributed by atoms with van der Waals surface area (Å²) >= 11 is 0. The summed E-state index contributed by atoms with van der Waals surface area (Å²) in [6.07, 6.45) is 0.194. The molecule has 0 heterocycles. The molecule has 0 spiro atoms. The standard InChI is InChI=1S/C12H17O5P.C2H6/c1-9(2)8-16-12(13)7-10-3-5-11(6-4-10)17-18(14)15;1-2/h3-6,9,14-15H,7-8H2,1-2H3;1-2H3. The number of esters is 1. The summed E-state index contributed by atoms with van der Waals surface area (Å²) in [5.41, 5.74) is 0.788. The molecular weight excluding hydrogens is 279 g/mol. The Kier molecular flexibility index (Phi) is 9.99. The van der Waals surface area contributed by atoms with Crippen LogP contribution in [0.2, 0.25) is 0 Å². The predicted molar refractivity (Wildman–Crippen MR) is 79.3 cm³/mol. The van der Waals surface area contributed by atoms with Gasteiger partial charge in [0, 0.05) is 0 Å². The molecule has 0 atom stereocenters. The summed E-state index contributed by atoms with van der Waals surface area (Å²) in [4.78, 5) is 28.8. The maximum atomic E-state index is 11.4. The van der Waals surface area contributed by atoms with Crippen molar-refractivity contribution in [3.63, 3.8) is 0 Å². The number of carbonyl (C=O) groups is 1. The van der Waals surface area contributed by atoms with Crippen LogP contribution in [0.5, 0.6) is 5.75 Å².